The standard InChI is InChI=1S/C36H36N6O6S/c1-46-33(44)31(20-24-8-4-2-5-9-24)38-35(45)37-28-18-16-27(17-19-28)34-47-30(21-32(48-34)26-14-12-25(22-43)13-15-26)23-49-36-39-40-41-42(36)29-10-6-3-7-11-29/h2-19,30-32,34,43H,20-23H2,1H3,(H2,37,38,45)/t30-,31-,32+,34+/m0/s1. The summed E-state index contributed by atoms with van der Waals surface area (Å²) in [4.78, 5) is 25.3. The minimum Gasteiger partial charge on any atom is -0.467 e. The third-order valence-corrected chi connectivity index (χ3v) is 9.02. The molecule has 6 rings (SSSR count). The Kier molecular flexibility index (Phi) is 11.3. The van der Waals surface area contributed by atoms with Gasteiger partial charge in [-0.25, -0.2) is 9.59 Å². The summed E-state index contributed by atoms with van der Waals surface area (Å²) in [6.07, 6.45) is -0.287. The summed E-state index contributed by atoms with van der Waals surface area (Å²) < 4.78 is 19.5. The molecule has 49 heavy (non-hydrogen) atoms. The van der Waals surface area contributed by atoms with Gasteiger partial charge in [-0.1, -0.05) is 96.7 Å². The van der Waals surface area contributed by atoms with Gasteiger partial charge in [-0.3, -0.25) is 0 Å². The summed E-state index contributed by atoms with van der Waals surface area (Å²) >= 11 is 1.50. The molecule has 0 saturated carbocycles. The summed E-state index contributed by atoms with van der Waals surface area (Å²) in [6, 6.07) is 32.6. The summed E-state index contributed by atoms with van der Waals surface area (Å²) in [7, 11) is 1.29. The van der Waals surface area contributed by atoms with E-state index in [2.05, 4.69) is 26.2 Å². The number of hydrogen-bond acceptors (Lipinski definition) is 10. The zero-order valence-electron chi connectivity index (χ0n) is 26.7. The first-order valence-corrected chi connectivity index (χ1v) is 16.7. The highest BCUT2D eigenvalue weighted by Gasteiger charge is 2.33. The van der Waals surface area contributed by atoms with E-state index in [-0.39, 0.29) is 18.8 Å². The highest BCUT2D eigenvalue weighted by molar-refractivity contribution is 7.99. The molecule has 1 aliphatic rings. The van der Waals surface area contributed by atoms with E-state index in [1.54, 1.807) is 16.8 Å². The monoisotopic (exact) mass is 680 g/mol. The van der Waals surface area contributed by atoms with Crippen LogP contribution in [-0.4, -0.2) is 62.3 Å². The number of ether oxygens (including phenoxy) is 3. The van der Waals surface area contributed by atoms with Gasteiger partial charge in [0.1, 0.15) is 6.04 Å². The van der Waals surface area contributed by atoms with E-state index < -0.39 is 24.3 Å². The fraction of sp³-hybridized carbons (Fsp3) is 0.250. The summed E-state index contributed by atoms with van der Waals surface area (Å²) in [6.45, 7) is -0.0400. The number of para-hydroxylation sites is 1. The number of esters is 1. The van der Waals surface area contributed by atoms with Crippen LogP contribution in [0.2, 0.25) is 0 Å². The maximum absolute atomic E-state index is 12.9. The molecule has 3 N–H and O–H groups in total. The lowest BCUT2D eigenvalue weighted by Gasteiger charge is -2.36. The molecule has 5 aromatic rings. The van der Waals surface area contributed by atoms with Crippen LogP contribution in [0.25, 0.3) is 5.69 Å². The van der Waals surface area contributed by atoms with Crippen molar-refractivity contribution >= 4 is 29.4 Å². The van der Waals surface area contributed by atoms with E-state index in [0.717, 1.165) is 27.9 Å². The van der Waals surface area contributed by atoms with Gasteiger partial charge < -0.3 is 30.0 Å². The van der Waals surface area contributed by atoms with E-state index in [9.17, 15) is 14.7 Å². The Labute approximate surface area is 287 Å². The zero-order valence-corrected chi connectivity index (χ0v) is 27.5. The molecule has 13 heteroatoms. The number of tetrazole rings is 1. The quantitative estimate of drug-likeness (QED) is 0.116. The lowest BCUT2D eigenvalue weighted by Crippen LogP contribution is -2.45. The molecule has 252 valence electrons. The molecular formula is C36H36N6O6S. The van der Waals surface area contributed by atoms with Crippen LogP contribution in [0.5, 0.6) is 0 Å². The Bertz CT molecular complexity index is 1810. The van der Waals surface area contributed by atoms with Gasteiger partial charge in [0.25, 0.3) is 0 Å². The highest BCUT2D eigenvalue weighted by Crippen LogP contribution is 2.39. The average Bonchev–Trinajstić information content (AvgIpc) is 3.63. The molecule has 1 fully saturated rings. The fourth-order valence-corrected chi connectivity index (χ4v) is 6.33. The number of thioether (sulfide) groups is 1. The third-order valence-electron chi connectivity index (χ3n) is 7.97. The summed E-state index contributed by atoms with van der Waals surface area (Å²) in [5, 5.41) is 27.9. The lowest BCUT2D eigenvalue weighted by molar-refractivity contribution is -0.245. The molecule has 1 saturated heterocycles. The van der Waals surface area contributed by atoms with E-state index in [0.29, 0.717) is 29.4 Å². The van der Waals surface area contributed by atoms with Crippen LogP contribution >= 0.6 is 11.8 Å². The second-order valence-corrected chi connectivity index (χ2v) is 12.3. The second kappa shape index (κ2) is 16.3. The number of nitrogens with one attached hydrogen (secondary N) is 2. The largest absolute Gasteiger partial charge is 0.467 e. The number of hydrogen-bond donors (Lipinski definition) is 3. The number of aromatic nitrogens is 4. The number of urea groups is 1. The number of aliphatic hydroxyl groups is 1. The van der Waals surface area contributed by atoms with Crippen molar-refractivity contribution in [2.45, 2.75) is 49.1 Å². The Morgan fingerprint density at radius 3 is 2.31 bits per heavy atom. The van der Waals surface area contributed by atoms with Gasteiger partial charge in [-0.15, -0.1) is 5.10 Å². The molecular weight excluding hydrogens is 644 g/mol. The van der Waals surface area contributed by atoms with Crippen LogP contribution < -0.4 is 10.6 Å². The van der Waals surface area contributed by atoms with Crippen molar-refractivity contribution in [2.75, 3.05) is 18.2 Å². The van der Waals surface area contributed by atoms with Crippen LogP contribution in [0.4, 0.5) is 10.5 Å². The molecule has 0 unspecified atom stereocenters. The molecule has 2 heterocycles. The molecule has 0 aliphatic carbocycles. The molecule has 0 radical (unpaired) electrons. The number of nitrogens with zero attached hydrogens (tertiary/aromatic N) is 4. The van der Waals surface area contributed by atoms with E-state index in [1.165, 1.54) is 18.9 Å². The Balaban J connectivity index is 1.13. The van der Waals surface area contributed by atoms with Gasteiger partial charge in [0.05, 0.1) is 31.6 Å². The number of anilines is 1. The number of methoxy groups -OCH3 is 1. The van der Waals surface area contributed by atoms with Crippen LogP contribution in [0.1, 0.15) is 41.1 Å². The third kappa shape index (κ3) is 8.89. The van der Waals surface area contributed by atoms with Crippen molar-refractivity contribution in [1.29, 1.82) is 0 Å². The minimum atomic E-state index is -0.855. The smallest absolute Gasteiger partial charge is 0.328 e. The van der Waals surface area contributed by atoms with Crippen LogP contribution in [0.3, 0.4) is 0 Å². The maximum atomic E-state index is 12.9. The molecule has 1 aromatic heterocycles. The summed E-state index contributed by atoms with van der Waals surface area (Å²) in [5.41, 5.74) is 4.84. The number of rotatable bonds is 12. The highest BCUT2D eigenvalue weighted by atomic mass is 32.2. The van der Waals surface area contributed by atoms with Crippen molar-refractivity contribution in [3.05, 3.63) is 131 Å². The van der Waals surface area contributed by atoms with Crippen molar-refractivity contribution in [3.8, 4) is 5.69 Å². The van der Waals surface area contributed by atoms with Crippen molar-refractivity contribution < 1.29 is 28.9 Å². The van der Waals surface area contributed by atoms with E-state index in [4.69, 9.17) is 14.2 Å². The van der Waals surface area contributed by atoms with E-state index in [1.807, 2.05) is 97.1 Å². The van der Waals surface area contributed by atoms with Gasteiger partial charge in [-0.2, -0.15) is 4.68 Å². The number of aliphatic hydroxyl groups excluding tert-OH is 1. The van der Waals surface area contributed by atoms with Gasteiger partial charge in [0.15, 0.2) is 6.29 Å². The zero-order chi connectivity index (χ0) is 34.0. The van der Waals surface area contributed by atoms with Gasteiger partial charge in [0.2, 0.25) is 5.16 Å². The predicted octanol–water partition coefficient (Wildman–Crippen LogP) is 5.40. The number of carbonyl (C=O) groups excluding carboxylic acids is 2. The van der Waals surface area contributed by atoms with Crippen molar-refractivity contribution in [1.82, 2.24) is 25.5 Å². The van der Waals surface area contributed by atoms with Gasteiger partial charge >= 0.3 is 12.0 Å². The van der Waals surface area contributed by atoms with E-state index >= 15 is 0 Å². The Morgan fingerprint density at radius 1 is 0.918 bits per heavy atom. The van der Waals surface area contributed by atoms with Crippen LogP contribution in [0, 0.1) is 0 Å². The first-order valence-electron chi connectivity index (χ1n) is 15.8. The molecule has 0 bridgehead atoms. The topological polar surface area (TPSA) is 150 Å². The van der Waals surface area contributed by atoms with Crippen LogP contribution in [-0.2, 0) is 32.0 Å². The Morgan fingerprint density at radius 2 is 1.61 bits per heavy atom. The van der Waals surface area contributed by atoms with Gasteiger partial charge in [-0.05, 0) is 51.4 Å². The average molecular weight is 681 g/mol. The molecule has 0 spiro atoms. The minimum absolute atomic E-state index is 0.0400. The lowest BCUT2D eigenvalue weighted by atomic mass is 10.0. The van der Waals surface area contributed by atoms with Crippen molar-refractivity contribution in [3.63, 3.8) is 0 Å². The second-order valence-electron chi connectivity index (χ2n) is 11.4. The summed E-state index contributed by atoms with van der Waals surface area (Å²) in [5.74, 6) is 0.0356. The number of carbonyl (C=O) groups is 2. The predicted molar refractivity (Wildman–Crippen MR) is 183 cm³/mol. The maximum Gasteiger partial charge on any atom is 0.328 e. The fourth-order valence-electron chi connectivity index (χ4n) is 5.42. The first-order chi connectivity index (χ1) is 24.0. The molecule has 4 aromatic carbocycles. The molecule has 4 atom stereocenters. The van der Waals surface area contributed by atoms with Crippen LogP contribution in [0.15, 0.2) is 114 Å². The van der Waals surface area contributed by atoms with Gasteiger partial charge in [0, 0.05) is 29.8 Å². The molecule has 12 nitrogen and oxygen atoms in total. The normalized spacial score (nSPS) is 18.0. The number of benzene rings is 4. The molecule has 2 amide bonds. The first kappa shape index (κ1) is 33.8. The Hall–Kier alpha value is -5.08. The number of amides is 2. The SMILES string of the molecule is COC(=O)[C@H](Cc1ccccc1)NC(=O)Nc1ccc([C@@H]2O[C@H](CSc3nnnn3-c3ccccc3)C[C@H](c3ccc(CO)cc3)O2)cc1. The molecule has 1 aliphatic heterocycles. The van der Waals surface area contributed by atoms with Crippen molar-refractivity contribution in [2.24, 2.45) is 0 Å².